The fourth-order valence-electron chi connectivity index (χ4n) is 3.41. The molecule has 0 unspecified atom stereocenters. The zero-order chi connectivity index (χ0) is 14.7. The number of rotatable bonds is 3. The lowest BCUT2D eigenvalue weighted by Crippen LogP contribution is -2.41. The van der Waals surface area contributed by atoms with E-state index in [2.05, 4.69) is 10.3 Å². The molecule has 2 aliphatic rings. The molecule has 2 heterocycles. The van der Waals surface area contributed by atoms with Gasteiger partial charge >= 0.3 is 0 Å². The summed E-state index contributed by atoms with van der Waals surface area (Å²) in [4.78, 5) is 29.3. The summed E-state index contributed by atoms with van der Waals surface area (Å²) >= 11 is 0. The summed E-state index contributed by atoms with van der Waals surface area (Å²) in [6.45, 7) is 1.87. The number of carbonyl (C=O) groups is 2. The van der Waals surface area contributed by atoms with Gasteiger partial charge in [0.25, 0.3) is 5.91 Å². The first-order chi connectivity index (χ1) is 10.2. The Morgan fingerprint density at radius 2 is 1.86 bits per heavy atom. The Balaban J connectivity index is 1.46. The van der Waals surface area contributed by atoms with Crippen molar-refractivity contribution < 1.29 is 9.59 Å². The average molecular weight is 289 g/mol. The maximum absolute atomic E-state index is 12.4. The van der Waals surface area contributed by atoms with Crippen LogP contribution in [-0.4, -0.2) is 40.8 Å². The molecule has 2 N–H and O–H groups in total. The van der Waals surface area contributed by atoms with E-state index in [4.69, 9.17) is 0 Å². The summed E-state index contributed by atoms with van der Waals surface area (Å²) in [7, 11) is 0. The van der Waals surface area contributed by atoms with E-state index in [1.54, 1.807) is 18.5 Å². The van der Waals surface area contributed by atoms with E-state index in [0.29, 0.717) is 11.5 Å². The Morgan fingerprint density at radius 1 is 1.14 bits per heavy atom. The maximum Gasteiger partial charge on any atom is 0.253 e. The van der Waals surface area contributed by atoms with Crippen LogP contribution in [0.15, 0.2) is 18.5 Å². The van der Waals surface area contributed by atoms with Gasteiger partial charge in [0.15, 0.2) is 0 Å². The highest BCUT2D eigenvalue weighted by molar-refractivity contribution is 5.94. The summed E-state index contributed by atoms with van der Waals surface area (Å²) in [6.07, 6.45) is 9.35. The molecule has 21 heavy (non-hydrogen) atoms. The molecule has 0 bridgehead atoms. The van der Waals surface area contributed by atoms with Gasteiger partial charge in [-0.3, -0.25) is 9.59 Å². The lowest BCUT2D eigenvalue weighted by molar-refractivity contribution is -0.135. The molecular weight excluding hydrogens is 266 g/mol. The van der Waals surface area contributed by atoms with Crippen molar-refractivity contribution in [3.63, 3.8) is 0 Å². The number of hydrogen-bond donors (Lipinski definition) is 2. The Bertz CT molecular complexity index is 484. The normalized spacial score (nSPS) is 25.8. The predicted molar refractivity (Wildman–Crippen MR) is 79.8 cm³/mol. The molecule has 2 amide bonds. The van der Waals surface area contributed by atoms with E-state index >= 15 is 0 Å². The Morgan fingerprint density at radius 3 is 2.48 bits per heavy atom. The second-order valence-corrected chi connectivity index (χ2v) is 6.15. The molecule has 1 saturated heterocycles. The number of aromatic amines is 1. The summed E-state index contributed by atoms with van der Waals surface area (Å²) in [5, 5.41) is 3.07. The zero-order valence-corrected chi connectivity index (χ0v) is 12.3. The zero-order valence-electron chi connectivity index (χ0n) is 12.3. The van der Waals surface area contributed by atoms with Gasteiger partial charge in [0, 0.05) is 37.4 Å². The first kappa shape index (κ1) is 14.2. The van der Waals surface area contributed by atoms with Gasteiger partial charge in [-0.2, -0.15) is 0 Å². The van der Waals surface area contributed by atoms with Crippen molar-refractivity contribution in [3.8, 4) is 0 Å². The fourth-order valence-corrected chi connectivity index (χ4v) is 3.41. The van der Waals surface area contributed by atoms with E-state index in [0.717, 1.165) is 51.6 Å². The van der Waals surface area contributed by atoms with Crippen molar-refractivity contribution in [1.29, 1.82) is 0 Å². The average Bonchev–Trinajstić information content (AvgIpc) is 3.20. The van der Waals surface area contributed by atoms with Gasteiger partial charge in [-0.15, -0.1) is 0 Å². The van der Waals surface area contributed by atoms with Crippen LogP contribution < -0.4 is 5.32 Å². The minimum Gasteiger partial charge on any atom is -0.367 e. The Kier molecular flexibility index (Phi) is 4.27. The van der Waals surface area contributed by atoms with Crippen LogP contribution in [0.2, 0.25) is 0 Å². The van der Waals surface area contributed by atoms with Gasteiger partial charge in [0.1, 0.15) is 0 Å². The molecule has 0 aromatic carbocycles. The third-order valence-electron chi connectivity index (χ3n) is 4.69. The number of nitrogens with zero attached hydrogens (tertiary/aromatic N) is 1. The standard InChI is InChI=1S/C16H23N3O2/c20-15(13-7-8-17-11-13)18-14-5-3-12(4-6-14)16(21)19-9-1-2-10-19/h7-8,11-12,14,17H,1-6,9-10H2,(H,18,20). The van der Waals surface area contributed by atoms with Crippen LogP contribution in [0.3, 0.4) is 0 Å². The molecule has 5 heteroatoms. The first-order valence-corrected chi connectivity index (χ1v) is 7.96. The van der Waals surface area contributed by atoms with Crippen molar-refractivity contribution in [2.45, 2.75) is 44.6 Å². The minimum absolute atomic E-state index is 0.0226. The lowest BCUT2D eigenvalue weighted by atomic mass is 9.85. The fraction of sp³-hybridized carbons (Fsp3) is 0.625. The van der Waals surface area contributed by atoms with Gasteiger partial charge in [-0.1, -0.05) is 0 Å². The number of amides is 2. The summed E-state index contributed by atoms with van der Waals surface area (Å²) in [6, 6.07) is 1.98. The Labute approximate surface area is 125 Å². The predicted octanol–water partition coefficient (Wildman–Crippen LogP) is 1.93. The van der Waals surface area contributed by atoms with Gasteiger partial charge < -0.3 is 15.2 Å². The molecule has 1 saturated carbocycles. The molecule has 1 aliphatic heterocycles. The smallest absolute Gasteiger partial charge is 0.253 e. The van der Waals surface area contributed by atoms with E-state index in [1.807, 2.05) is 4.90 Å². The van der Waals surface area contributed by atoms with Crippen molar-refractivity contribution in [3.05, 3.63) is 24.0 Å². The van der Waals surface area contributed by atoms with Crippen LogP contribution in [0, 0.1) is 5.92 Å². The molecule has 1 aromatic heterocycles. The van der Waals surface area contributed by atoms with Crippen molar-refractivity contribution >= 4 is 11.8 Å². The molecule has 2 fully saturated rings. The third-order valence-corrected chi connectivity index (χ3v) is 4.69. The monoisotopic (exact) mass is 289 g/mol. The van der Waals surface area contributed by atoms with E-state index in [-0.39, 0.29) is 17.9 Å². The molecule has 0 radical (unpaired) electrons. The Hall–Kier alpha value is -1.78. The van der Waals surface area contributed by atoms with E-state index in [9.17, 15) is 9.59 Å². The van der Waals surface area contributed by atoms with E-state index in [1.165, 1.54) is 0 Å². The number of nitrogens with one attached hydrogen (secondary N) is 2. The molecule has 0 atom stereocenters. The van der Waals surface area contributed by atoms with Gasteiger partial charge in [-0.25, -0.2) is 0 Å². The van der Waals surface area contributed by atoms with Crippen LogP contribution in [0.1, 0.15) is 48.9 Å². The van der Waals surface area contributed by atoms with Crippen LogP contribution >= 0.6 is 0 Å². The third kappa shape index (κ3) is 3.28. The molecule has 1 aromatic rings. The van der Waals surface area contributed by atoms with E-state index < -0.39 is 0 Å². The largest absolute Gasteiger partial charge is 0.367 e. The quantitative estimate of drug-likeness (QED) is 0.893. The molecular formula is C16H23N3O2. The van der Waals surface area contributed by atoms with Crippen molar-refractivity contribution in [2.24, 2.45) is 5.92 Å². The summed E-state index contributed by atoms with van der Waals surface area (Å²) in [5.74, 6) is 0.483. The van der Waals surface area contributed by atoms with Crippen LogP contribution in [0.4, 0.5) is 0 Å². The molecule has 1 aliphatic carbocycles. The minimum atomic E-state index is -0.0226. The van der Waals surface area contributed by atoms with Crippen molar-refractivity contribution in [2.75, 3.05) is 13.1 Å². The summed E-state index contributed by atoms with van der Waals surface area (Å²) < 4.78 is 0. The highest BCUT2D eigenvalue weighted by Gasteiger charge is 2.31. The van der Waals surface area contributed by atoms with Gasteiger partial charge in [0.05, 0.1) is 5.56 Å². The number of likely N-dealkylation sites (tertiary alicyclic amines) is 1. The van der Waals surface area contributed by atoms with Gasteiger partial charge in [-0.05, 0) is 44.6 Å². The second kappa shape index (κ2) is 6.33. The number of H-pyrrole nitrogens is 1. The van der Waals surface area contributed by atoms with Gasteiger partial charge in [0.2, 0.25) is 5.91 Å². The lowest BCUT2D eigenvalue weighted by Gasteiger charge is -2.30. The molecule has 114 valence electrons. The maximum atomic E-state index is 12.4. The first-order valence-electron chi connectivity index (χ1n) is 7.96. The highest BCUT2D eigenvalue weighted by atomic mass is 16.2. The molecule has 5 nitrogen and oxygen atoms in total. The SMILES string of the molecule is O=C(NC1CCC(C(=O)N2CCCC2)CC1)c1cc[nH]c1. The number of carbonyl (C=O) groups excluding carboxylic acids is 2. The number of aromatic nitrogens is 1. The van der Waals surface area contributed by atoms with Crippen LogP contribution in [0.5, 0.6) is 0 Å². The number of hydrogen-bond acceptors (Lipinski definition) is 2. The van der Waals surface area contributed by atoms with Crippen molar-refractivity contribution in [1.82, 2.24) is 15.2 Å². The topological polar surface area (TPSA) is 65.2 Å². The molecule has 3 rings (SSSR count). The second-order valence-electron chi connectivity index (χ2n) is 6.15. The highest BCUT2D eigenvalue weighted by Crippen LogP contribution is 2.27. The molecule has 0 spiro atoms. The van der Waals surface area contributed by atoms with Crippen LogP contribution in [-0.2, 0) is 4.79 Å². The summed E-state index contributed by atoms with van der Waals surface area (Å²) in [5.41, 5.74) is 0.672. The van der Waals surface area contributed by atoms with Crippen LogP contribution in [0.25, 0.3) is 0 Å².